The summed E-state index contributed by atoms with van der Waals surface area (Å²) in [4.78, 5) is 34.9. The molecule has 0 saturated heterocycles. The molecule has 0 aromatic heterocycles. The smallest absolute Gasteiger partial charge is 0.256 e. The Kier molecular flexibility index (Phi) is 4.71. The van der Waals surface area contributed by atoms with Crippen LogP contribution in [0.2, 0.25) is 5.02 Å². The molecule has 0 saturated carbocycles. The van der Waals surface area contributed by atoms with E-state index in [1.165, 1.54) is 18.2 Å². The van der Waals surface area contributed by atoms with Gasteiger partial charge in [-0.1, -0.05) is 17.7 Å². The number of halogens is 1. The molecular formula is C11H13ClN4O3. The molecule has 0 bridgehead atoms. The Hall–Kier alpha value is -2.28. The summed E-state index contributed by atoms with van der Waals surface area (Å²) in [6, 6.07) is 4.47. The lowest BCUT2D eigenvalue weighted by atomic mass is 10.1. The highest BCUT2D eigenvalue weighted by Crippen LogP contribution is 2.23. The van der Waals surface area contributed by atoms with Gasteiger partial charge in [0.1, 0.15) is 13.1 Å². The van der Waals surface area contributed by atoms with Crippen LogP contribution in [0, 0.1) is 0 Å². The monoisotopic (exact) mass is 284 g/mol. The molecule has 6 N–H and O–H groups in total. The van der Waals surface area contributed by atoms with Crippen LogP contribution in [0.15, 0.2) is 18.2 Å². The second-order valence-electron chi connectivity index (χ2n) is 3.79. The maximum Gasteiger partial charge on any atom is 0.256 e. The summed E-state index contributed by atoms with van der Waals surface area (Å²) in [7, 11) is 0. The molecule has 0 heterocycles. The predicted octanol–water partition coefficient (Wildman–Crippen LogP) is -0.665. The van der Waals surface area contributed by atoms with Gasteiger partial charge in [-0.3, -0.25) is 14.4 Å². The zero-order chi connectivity index (χ0) is 14.6. The van der Waals surface area contributed by atoms with Crippen molar-refractivity contribution in [2.45, 2.75) is 0 Å². The van der Waals surface area contributed by atoms with Crippen molar-refractivity contribution in [3.05, 3.63) is 28.8 Å². The van der Waals surface area contributed by atoms with E-state index < -0.39 is 30.8 Å². The van der Waals surface area contributed by atoms with Crippen LogP contribution in [-0.2, 0) is 9.59 Å². The van der Waals surface area contributed by atoms with Crippen molar-refractivity contribution in [1.82, 2.24) is 4.90 Å². The quantitative estimate of drug-likeness (QED) is 0.619. The van der Waals surface area contributed by atoms with E-state index in [0.717, 1.165) is 4.90 Å². The molecule has 0 unspecified atom stereocenters. The first-order valence-corrected chi connectivity index (χ1v) is 5.60. The number of para-hydroxylation sites is 1. The second-order valence-corrected chi connectivity index (χ2v) is 4.20. The number of nitrogens with two attached hydrogens (primary N) is 3. The lowest BCUT2D eigenvalue weighted by Crippen LogP contribution is -2.43. The third-order valence-corrected chi connectivity index (χ3v) is 2.59. The molecule has 1 aromatic carbocycles. The SMILES string of the molecule is NC(=O)CN(CC(N)=O)C(=O)c1cccc(Cl)c1N. The number of amides is 3. The van der Waals surface area contributed by atoms with E-state index in [2.05, 4.69) is 0 Å². The van der Waals surface area contributed by atoms with Crippen LogP contribution < -0.4 is 17.2 Å². The molecule has 0 atom stereocenters. The summed E-state index contributed by atoms with van der Waals surface area (Å²) in [6.07, 6.45) is 0. The normalized spacial score (nSPS) is 9.95. The molecule has 1 rings (SSSR count). The van der Waals surface area contributed by atoms with E-state index in [-0.39, 0.29) is 16.3 Å². The van der Waals surface area contributed by atoms with Gasteiger partial charge in [-0.15, -0.1) is 0 Å². The third-order valence-electron chi connectivity index (χ3n) is 2.26. The summed E-state index contributed by atoms with van der Waals surface area (Å²) < 4.78 is 0. The van der Waals surface area contributed by atoms with Gasteiger partial charge in [0, 0.05) is 0 Å². The fourth-order valence-corrected chi connectivity index (χ4v) is 1.64. The van der Waals surface area contributed by atoms with Crippen LogP contribution in [0.4, 0.5) is 5.69 Å². The summed E-state index contributed by atoms with van der Waals surface area (Å²) in [5.74, 6) is -2.18. The van der Waals surface area contributed by atoms with Crippen molar-refractivity contribution in [3.63, 3.8) is 0 Å². The number of anilines is 1. The van der Waals surface area contributed by atoms with Crippen molar-refractivity contribution in [3.8, 4) is 0 Å². The van der Waals surface area contributed by atoms with E-state index in [1.54, 1.807) is 0 Å². The third kappa shape index (κ3) is 3.85. The first-order valence-electron chi connectivity index (χ1n) is 5.22. The number of nitrogen functional groups attached to an aromatic ring is 1. The number of carbonyl (C=O) groups is 3. The van der Waals surface area contributed by atoms with Gasteiger partial charge in [0.05, 0.1) is 16.3 Å². The Morgan fingerprint density at radius 3 is 2.11 bits per heavy atom. The highest BCUT2D eigenvalue weighted by atomic mass is 35.5. The molecule has 3 amide bonds. The molecule has 8 heteroatoms. The van der Waals surface area contributed by atoms with Crippen LogP contribution in [0.25, 0.3) is 0 Å². The minimum atomic E-state index is -0.768. The zero-order valence-corrected chi connectivity index (χ0v) is 10.7. The van der Waals surface area contributed by atoms with Crippen LogP contribution >= 0.6 is 11.6 Å². The molecule has 0 aliphatic carbocycles. The number of rotatable bonds is 5. The molecule has 0 spiro atoms. The van der Waals surface area contributed by atoms with Crippen LogP contribution in [0.1, 0.15) is 10.4 Å². The maximum atomic E-state index is 12.2. The van der Waals surface area contributed by atoms with Crippen molar-refractivity contribution in [1.29, 1.82) is 0 Å². The van der Waals surface area contributed by atoms with Crippen molar-refractivity contribution < 1.29 is 14.4 Å². The fourth-order valence-electron chi connectivity index (χ4n) is 1.47. The van der Waals surface area contributed by atoms with Crippen LogP contribution in [0.5, 0.6) is 0 Å². The highest BCUT2D eigenvalue weighted by Gasteiger charge is 2.22. The molecule has 0 fully saturated rings. The molecule has 102 valence electrons. The van der Waals surface area contributed by atoms with Gasteiger partial charge in [-0.2, -0.15) is 0 Å². The Morgan fingerprint density at radius 2 is 1.63 bits per heavy atom. The number of hydrogen-bond acceptors (Lipinski definition) is 4. The van der Waals surface area contributed by atoms with E-state index >= 15 is 0 Å². The molecule has 0 radical (unpaired) electrons. The van der Waals surface area contributed by atoms with Crippen LogP contribution in [0.3, 0.4) is 0 Å². The van der Waals surface area contributed by atoms with Gasteiger partial charge >= 0.3 is 0 Å². The van der Waals surface area contributed by atoms with Gasteiger partial charge in [-0.05, 0) is 12.1 Å². The number of primary amides is 2. The molecule has 1 aromatic rings. The molecule has 7 nitrogen and oxygen atoms in total. The lowest BCUT2D eigenvalue weighted by molar-refractivity contribution is -0.121. The molecule has 0 aliphatic heterocycles. The highest BCUT2D eigenvalue weighted by molar-refractivity contribution is 6.34. The Bertz CT molecular complexity index is 517. The largest absolute Gasteiger partial charge is 0.397 e. The van der Waals surface area contributed by atoms with E-state index in [4.69, 9.17) is 28.8 Å². The minimum Gasteiger partial charge on any atom is -0.397 e. The zero-order valence-electron chi connectivity index (χ0n) is 9.93. The first kappa shape index (κ1) is 14.8. The van der Waals surface area contributed by atoms with Crippen molar-refractivity contribution in [2.75, 3.05) is 18.8 Å². The first-order chi connectivity index (χ1) is 8.82. The predicted molar refractivity (Wildman–Crippen MR) is 70.2 cm³/mol. The summed E-state index contributed by atoms with van der Waals surface area (Å²) in [6.45, 7) is -0.874. The van der Waals surface area contributed by atoms with Crippen molar-refractivity contribution >= 4 is 35.0 Å². The number of carbonyl (C=O) groups excluding carboxylic acids is 3. The second kappa shape index (κ2) is 6.05. The average Bonchev–Trinajstić information content (AvgIpc) is 2.30. The number of hydrogen-bond donors (Lipinski definition) is 3. The Labute approximate surface area is 114 Å². The minimum absolute atomic E-state index is 0.0631. The summed E-state index contributed by atoms with van der Waals surface area (Å²) >= 11 is 5.80. The van der Waals surface area contributed by atoms with Gasteiger partial charge < -0.3 is 22.1 Å². The molecular weight excluding hydrogens is 272 g/mol. The van der Waals surface area contributed by atoms with Gasteiger partial charge in [0.25, 0.3) is 5.91 Å². The van der Waals surface area contributed by atoms with Gasteiger partial charge in [0.15, 0.2) is 0 Å². The Balaban J connectivity index is 3.07. The summed E-state index contributed by atoms with van der Waals surface area (Å²) in [5, 5.41) is 0.198. The number of benzene rings is 1. The van der Waals surface area contributed by atoms with Crippen molar-refractivity contribution in [2.24, 2.45) is 11.5 Å². The van der Waals surface area contributed by atoms with E-state index in [9.17, 15) is 14.4 Å². The average molecular weight is 285 g/mol. The molecule has 19 heavy (non-hydrogen) atoms. The van der Waals surface area contributed by atoms with E-state index in [0.29, 0.717) is 0 Å². The lowest BCUT2D eigenvalue weighted by Gasteiger charge is -2.20. The summed E-state index contributed by atoms with van der Waals surface area (Å²) in [5.41, 5.74) is 15.8. The fraction of sp³-hybridized carbons (Fsp3) is 0.182. The molecule has 0 aliphatic rings. The topological polar surface area (TPSA) is 133 Å². The standard InChI is InChI=1S/C11H13ClN4O3/c12-7-3-1-2-6(10(7)15)11(19)16(4-8(13)17)5-9(14)18/h1-3H,4-5,15H2,(H2,13,17)(H2,14,18). The maximum absolute atomic E-state index is 12.2. The Morgan fingerprint density at radius 1 is 1.11 bits per heavy atom. The number of nitrogens with zero attached hydrogens (tertiary/aromatic N) is 1. The van der Waals surface area contributed by atoms with Gasteiger partial charge in [0.2, 0.25) is 11.8 Å². The van der Waals surface area contributed by atoms with Gasteiger partial charge in [-0.25, -0.2) is 0 Å². The van der Waals surface area contributed by atoms with Crippen LogP contribution in [-0.4, -0.2) is 35.7 Å². The van der Waals surface area contributed by atoms with E-state index in [1.807, 2.05) is 0 Å².